The molecule has 0 heterocycles. The lowest BCUT2D eigenvalue weighted by atomic mass is 10.1. The van der Waals surface area contributed by atoms with Crippen molar-refractivity contribution in [2.24, 2.45) is 0 Å². The number of hydrogen-bond donors (Lipinski definition) is 2. The molecule has 0 aromatic heterocycles. The van der Waals surface area contributed by atoms with Crippen LogP contribution >= 0.6 is 0 Å². The van der Waals surface area contributed by atoms with E-state index in [-0.39, 0.29) is 23.5 Å². The third-order valence-electron chi connectivity index (χ3n) is 2.47. The summed E-state index contributed by atoms with van der Waals surface area (Å²) in [5.41, 5.74) is 0.420. The molecule has 0 saturated carbocycles. The molecule has 2 amide bonds. The van der Waals surface area contributed by atoms with Gasteiger partial charge in [-0.1, -0.05) is 0 Å². The summed E-state index contributed by atoms with van der Waals surface area (Å²) in [6, 6.07) is 3.49. The summed E-state index contributed by atoms with van der Waals surface area (Å²) in [4.78, 5) is 34.7. The maximum absolute atomic E-state index is 11.6. The van der Waals surface area contributed by atoms with Gasteiger partial charge in [0.2, 0.25) is 0 Å². The van der Waals surface area contributed by atoms with Crippen molar-refractivity contribution in [3.63, 3.8) is 0 Å². The number of ether oxygens (including phenoxy) is 3. The summed E-state index contributed by atoms with van der Waals surface area (Å²) < 4.78 is 13.9. The molecule has 1 rings (SSSR count). The fourth-order valence-corrected chi connectivity index (χ4v) is 1.48. The Hall–Kier alpha value is -2.61. The van der Waals surface area contributed by atoms with E-state index in [1.165, 1.54) is 39.5 Å². The van der Waals surface area contributed by atoms with Crippen molar-refractivity contribution in [3.8, 4) is 0 Å². The lowest BCUT2D eigenvalue weighted by Crippen LogP contribution is -2.31. The zero-order chi connectivity index (χ0) is 15.8. The fraction of sp³-hybridized carbons (Fsp3) is 0.308. The predicted octanol–water partition coefficient (Wildman–Crippen LogP) is 0.985. The molecule has 1 aromatic carbocycles. The van der Waals surface area contributed by atoms with E-state index in [4.69, 9.17) is 4.74 Å². The van der Waals surface area contributed by atoms with Crippen LogP contribution in [0, 0.1) is 0 Å². The Morgan fingerprint density at radius 2 is 1.71 bits per heavy atom. The average Bonchev–Trinajstić information content (AvgIpc) is 2.51. The van der Waals surface area contributed by atoms with Crippen LogP contribution < -0.4 is 10.6 Å². The van der Waals surface area contributed by atoms with Gasteiger partial charge in [-0.3, -0.25) is 0 Å². The summed E-state index contributed by atoms with van der Waals surface area (Å²) in [5.74, 6) is -1.24. The minimum Gasteiger partial charge on any atom is -0.465 e. The number of esters is 2. The van der Waals surface area contributed by atoms with Gasteiger partial charge >= 0.3 is 18.0 Å². The highest BCUT2D eigenvalue weighted by atomic mass is 16.5. The SMILES string of the molecule is COCNC(=O)Nc1cc(C(=O)OC)ccc1C(=O)OC. The molecule has 1 aromatic rings. The second kappa shape index (κ2) is 7.85. The van der Waals surface area contributed by atoms with Crippen LogP contribution in [0.15, 0.2) is 18.2 Å². The summed E-state index contributed by atoms with van der Waals surface area (Å²) >= 11 is 0. The first-order chi connectivity index (χ1) is 10.0. The molecule has 0 unspecified atom stereocenters. The Kier molecular flexibility index (Phi) is 6.15. The minimum absolute atomic E-state index is 0.00389. The van der Waals surface area contributed by atoms with Crippen molar-refractivity contribution in [2.75, 3.05) is 33.4 Å². The van der Waals surface area contributed by atoms with Gasteiger partial charge in [0.15, 0.2) is 0 Å². The minimum atomic E-state index is -0.645. The molecular weight excluding hydrogens is 280 g/mol. The van der Waals surface area contributed by atoms with Crippen molar-refractivity contribution in [3.05, 3.63) is 29.3 Å². The van der Waals surface area contributed by atoms with Crippen LogP contribution in [0.3, 0.4) is 0 Å². The van der Waals surface area contributed by atoms with E-state index in [1.54, 1.807) is 0 Å². The monoisotopic (exact) mass is 296 g/mol. The Morgan fingerprint density at radius 1 is 1.05 bits per heavy atom. The topological polar surface area (TPSA) is 103 Å². The van der Waals surface area contributed by atoms with Gasteiger partial charge in [0.05, 0.1) is 31.0 Å². The molecule has 21 heavy (non-hydrogen) atoms. The number of nitrogens with one attached hydrogen (secondary N) is 2. The smallest absolute Gasteiger partial charge is 0.339 e. The van der Waals surface area contributed by atoms with Gasteiger partial charge in [0.1, 0.15) is 6.73 Å². The first-order valence-electron chi connectivity index (χ1n) is 5.88. The Balaban J connectivity index is 3.07. The Bertz CT molecular complexity index is 543. The normalized spacial score (nSPS) is 9.67. The molecule has 0 fully saturated rings. The van der Waals surface area contributed by atoms with E-state index in [0.29, 0.717) is 0 Å². The van der Waals surface area contributed by atoms with E-state index in [9.17, 15) is 14.4 Å². The summed E-state index contributed by atoms with van der Waals surface area (Å²) in [6.07, 6.45) is 0. The number of amides is 2. The predicted molar refractivity (Wildman–Crippen MR) is 73.2 cm³/mol. The first kappa shape index (κ1) is 16.4. The molecular formula is C13H16N2O6. The van der Waals surface area contributed by atoms with Crippen LogP contribution in [0.2, 0.25) is 0 Å². The van der Waals surface area contributed by atoms with Gasteiger partial charge in [-0.25, -0.2) is 14.4 Å². The van der Waals surface area contributed by atoms with Crippen molar-refractivity contribution in [1.82, 2.24) is 5.32 Å². The average molecular weight is 296 g/mol. The zero-order valence-corrected chi connectivity index (χ0v) is 11.9. The number of carbonyl (C=O) groups is 3. The highest BCUT2D eigenvalue weighted by Crippen LogP contribution is 2.19. The van der Waals surface area contributed by atoms with Crippen LogP contribution in [-0.4, -0.2) is 46.0 Å². The van der Waals surface area contributed by atoms with E-state index < -0.39 is 18.0 Å². The van der Waals surface area contributed by atoms with Crippen LogP contribution in [0.5, 0.6) is 0 Å². The Labute approximate surface area is 121 Å². The molecule has 0 radical (unpaired) electrons. The highest BCUT2D eigenvalue weighted by Gasteiger charge is 2.17. The third-order valence-corrected chi connectivity index (χ3v) is 2.47. The second-order valence-corrected chi connectivity index (χ2v) is 3.81. The maximum atomic E-state index is 11.6. The lowest BCUT2D eigenvalue weighted by molar-refractivity contribution is 0.0587. The molecule has 2 N–H and O–H groups in total. The molecule has 0 saturated heterocycles. The van der Waals surface area contributed by atoms with Crippen LogP contribution in [-0.2, 0) is 14.2 Å². The van der Waals surface area contributed by atoms with Gasteiger partial charge in [-0.05, 0) is 18.2 Å². The van der Waals surface area contributed by atoms with Gasteiger partial charge < -0.3 is 24.8 Å². The number of benzene rings is 1. The van der Waals surface area contributed by atoms with Crippen LogP contribution in [0.1, 0.15) is 20.7 Å². The molecule has 8 nitrogen and oxygen atoms in total. The molecule has 0 spiro atoms. The van der Waals surface area contributed by atoms with Crippen molar-refractivity contribution < 1.29 is 28.6 Å². The Morgan fingerprint density at radius 3 is 2.29 bits per heavy atom. The van der Waals surface area contributed by atoms with Gasteiger partial charge in [0.25, 0.3) is 0 Å². The number of methoxy groups -OCH3 is 3. The third kappa shape index (κ3) is 4.46. The van der Waals surface area contributed by atoms with Crippen molar-refractivity contribution >= 4 is 23.7 Å². The molecule has 8 heteroatoms. The molecule has 114 valence electrons. The molecule has 0 bridgehead atoms. The van der Waals surface area contributed by atoms with Crippen molar-refractivity contribution in [1.29, 1.82) is 0 Å². The summed E-state index contributed by atoms with van der Waals surface area (Å²) in [6.45, 7) is -0.00389. The number of carbonyl (C=O) groups excluding carboxylic acids is 3. The number of urea groups is 1. The number of hydrogen-bond acceptors (Lipinski definition) is 6. The highest BCUT2D eigenvalue weighted by molar-refractivity contribution is 6.03. The van der Waals surface area contributed by atoms with Crippen molar-refractivity contribution in [2.45, 2.75) is 0 Å². The molecule has 0 atom stereocenters. The van der Waals surface area contributed by atoms with E-state index in [2.05, 4.69) is 20.1 Å². The second-order valence-electron chi connectivity index (χ2n) is 3.81. The first-order valence-corrected chi connectivity index (χ1v) is 5.88. The molecule has 0 aliphatic rings. The van der Waals surface area contributed by atoms with E-state index >= 15 is 0 Å². The lowest BCUT2D eigenvalue weighted by Gasteiger charge is -2.11. The zero-order valence-electron chi connectivity index (χ0n) is 11.9. The quantitative estimate of drug-likeness (QED) is 0.620. The summed E-state index contributed by atoms with van der Waals surface area (Å²) in [7, 11) is 3.86. The maximum Gasteiger partial charge on any atom is 0.339 e. The molecule has 0 aliphatic carbocycles. The molecule has 0 aliphatic heterocycles. The number of rotatable bonds is 5. The fourth-order valence-electron chi connectivity index (χ4n) is 1.48. The van der Waals surface area contributed by atoms with Gasteiger partial charge in [0, 0.05) is 7.11 Å². The van der Waals surface area contributed by atoms with E-state index in [0.717, 1.165) is 0 Å². The van der Waals surface area contributed by atoms with Gasteiger partial charge in [-0.2, -0.15) is 0 Å². The van der Waals surface area contributed by atoms with Crippen LogP contribution in [0.4, 0.5) is 10.5 Å². The standard InChI is InChI=1S/C13H16N2O6/c1-19-7-14-13(18)15-10-6-8(11(16)20-2)4-5-9(10)12(17)21-3/h4-6H,7H2,1-3H3,(H2,14,15,18). The summed E-state index contributed by atoms with van der Waals surface area (Å²) in [5, 5.41) is 4.83. The van der Waals surface area contributed by atoms with Gasteiger partial charge in [-0.15, -0.1) is 0 Å². The van der Waals surface area contributed by atoms with E-state index in [1.807, 2.05) is 0 Å². The van der Waals surface area contributed by atoms with Crippen LogP contribution in [0.25, 0.3) is 0 Å². The number of anilines is 1. The largest absolute Gasteiger partial charge is 0.465 e.